The first-order chi connectivity index (χ1) is 7.79. The van der Waals surface area contributed by atoms with Crippen molar-refractivity contribution in [3.05, 3.63) is 59.1 Å². The molecule has 0 spiro atoms. The molecule has 0 aliphatic carbocycles. The van der Waals surface area contributed by atoms with Gasteiger partial charge in [0.25, 0.3) is 0 Å². The molecule has 0 fully saturated rings. The summed E-state index contributed by atoms with van der Waals surface area (Å²) in [5.74, 6) is 0. The molecule has 0 saturated heterocycles. The number of hydrogen-bond acceptors (Lipinski definition) is 2. The zero-order valence-corrected chi connectivity index (χ0v) is 9.96. The molecule has 0 N–H and O–H groups in total. The molecule has 1 nitrogen and oxygen atoms in total. The van der Waals surface area contributed by atoms with Gasteiger partial charge in [-0.25, -0.2) is 0 Å². The Balaban J connectivity index is 2.25. The van der Waals surface area contributed by atoms with Gasteiger partial charge in [0.1, 0.15) is 6.29 Å². The zero-order chi connectivity index (χ0) is 11.4. The molecule has 0 aliphatic heterocycles. The maximum atomic E-state index is 10.6. The molecule has 16 heavy (non-hydrogen) atoms. The van der Waals surface area contributed by atoms with Gasteiger partial charge in [-0.3, -0.25) is 4.79 Å². The molecule has 0 amide bonds. The number of hydrogen-bond donors (Lipinski definition) is 0. The second kappa shape index (κ2) is 5.19. The highest BCUT2D eigenvalue weighted by atomic mass is 35.5. The molecular formula is C13H9ClOS. The fraction of sp³-hybridized carbons (Fsp3) is 0. The van der Waals surface area contributed by atoms with Crippen LogP contribution in [0.1, 0.15) is 10.4 Å². The lowest BCUT2D eigenvalue weighted by molar-refractivity contribution is 0.112. The van der Waals surface area contributed by atoms with Crippen LogP contribution in [0.15, 0.2) is 58.3 Å². The smallest absolute Gasteiger partial charge is 0.150 e. The van der Waals surface area contributed by atoms with Gasteiger partial charge in [0, 0.05) is 15.4 Å². The third-order valence-corrected chi connectivity index (χ3v) is 3.57. The van der Waals surface area contributed by atoms with Crippen LogP contribution in [0.5, 0.6) is 0 Å². The van der Waals surface area contributed by atoms with Crippen LogP contribution in [0.4, 0.5) is 0 Å². The molecule has 0 unspecified atom stereocenters. The Morgan fingerprint density at radius 1 is 1.06 bits per heavy atom. The van der Waals surface area contributed by atoms with Crippen molar-refractivity contribution in [1.82, 2.24) is 0 Å². The van der Waals surface area contributed by atoms with Crippen molar-refractivity contribution in [2.45, 2.75) is 9.79 Å². The minimum atomic E-state index is 0.599. The van der Waals surface area contributed by atoms with E-state index in [1.165, 1.54) is 0 Å². The van der Waals surface area contributed by atoms with Crippen molar-refractivity contribution in [2.75, 3.05) is 0 Å². The van der Waals surface area contributed by atoms with Crippen LogP contribution in [0.3, 0.4) is 0 Å². The normalized spacial score (nSPS) is 10.1. The Labute approximate surface area is 103 Å². The van der Waals surface area contributed by atoms with E-state index in [-0.39, 0.29) is 0 Å². The Morgan fingerprint density at radius 3 is 2.44 bits per heavy atom. The van der Waals surface area contributed by atoms with E-state index in [2.05, 4.69) is 0 Å². The summed E-state index contributed by atoms with van der Waals surface area (Å²) in [7, 11) is 0. The zero-order valence-electron chi connectivity index (χ0n) is 8.39. The molecule has 3 heteroatoms. The van der Waals surface area contributed by atoms with E-state index in [0.29, 0.717) is 10.6 Å². The van der Waals surface area contributed by atoms with E-state index in [9.17, 15) is 4.79 Å². The lowest BCUT2D eigenvalue weighted by Crippen LogP contribution is -1.81. The quantitative estimate of drug-likeness (QED) is 0.754. The summed E-state index contributed by atoms with van der Waals surface area (Å²) in [5.41, 5.74) is 0.599. The third-order valence-electron chi connectivity index (χ3n) is 2.06. The molecular weight excluding hydrogens is 240 g/mol. The summed E-state index contributed by atoms with van der Waals surface area (Å²) in [4.78, 5) is 12.6. The summed E-state index contributed by atoms with van der Waals surface area (Å²) in [6.07, 6.45) is 0.794. The van der Waals surface area contributed by atoms with Gasteiger partial charge in [-0.15, -0.1) is 0 Å². The van der Waals surface area contributed by atoms with E-state index in [1.54, 1.807) is 23.9 Å². The largest absolute Gasteiger partial charge is 0.298 e. The van der Waals surface area contributed by atoms with Gasteiger partial charge in [0.05, 0.1) is 5.02 Å². The summed E-state index contributed by atoms with van der Waals surface area (Å²) in [6, 6.07) is 15.3. The lowest BCUT2D eigenvalue weighted by atomic mass is 10.2. The van der Waals surface area contributed by atoms with Crippen LogP contribution in [-0.4, -0.2) is 6.29 Å². The minimum absolute atomic E-state index is 0.599. The van der Waals surface area contributed by atoms with E-state index in [1.807, 2.05) is 36.4 Å². The highest BCUT2D eigenvalue weighted by Gasteiger charge is 2.03. The average Bonchev–Trinajstić information content (AvgIpc) is 2.33. The molecule has 0 radical (unpaired) electrons. The maximum absolute atomic E-state index is 10.6. The van der Waals surface area contributed by atoms with Gasteiger partial charge >= 0.3 is 0 Å². The molecule has 2 aromatic carbocycles. The molecule has 0 aliphatic rings. The van der Waals surface area contributed by atoms with Crippen LogP contribution in [0.2, 0.25) is 5.02 Å². The Hall–Kier alpha value is -1.25. The van der Waals surface area contributed by atoms with Gasteiger partial charge < -0.3 is 0 Å². The Kier molecular flexibility index (Phi) is 3.65. The van der Waals surface area contributed by atoms with Crippen molar-refractivity contribution >= 4 is 29.6 Å². The van der Waals surface area contributed by atoms with Crippen LogP contribution in [0, 0.1) is 0 Å². The Morgan fingerprint density at radius 2 is 1.81 bits per heavy atom. The molecule has 0 bridgehead atoms. The summed E-state index contributed by atoms with van der Waals surface area (Å²) in [6.45, 7) is 0. The number of aldehydes is 1. The maximum Gasteiger partial charge on any atom is 0.150 e. The highest BCUT2D eigenvalue weighted by molar-refractivity contribution is 7.99. The Bertz CT molecular complexity index is 497. The van der Waals surface area contributed by atoms with Gasteiger partial charge in [0.2, 0.25) is 0 Å². The fourth-order valence-electron chi connectivity index (χ4n) is 1.29. The van der Waals surface area contributed by atoms with E-state index in [0.717, 1.165) is 16.1 Å². The van der Waals surface area contributed by atoms with Crippen LogP contribution in [-0.2, 0) is 0 Å². The SMILES string of the molecule is O=Cc1ccc(Sc2ccccc2)c(Cl)c1. The first kappa shape index (κ1) is 11.2. The molecule has 0 atom stereocenters. The molecule has 2 rings (SSSR count). The number of rotatable bonds is 3. The van der Waals surface area contributed by atoms with Crippen molar-refractivity contribution in [1.29, 1.82) is 0 Å². The third kappa shape index (κ3) is 2.65. The average molecular weight is 249 g/mol. The summed E-state index contributed by atoms with van der Waals surface area (Å²) < 4.78 is 0. The number of benzene rings is 2. The number of carbonyl (C=O) groups excluding carboxylic acids is 1. The second-order valence-electron chi connectivity index (χ2n) is 3.22. The van der Waals surface area contributed by atoms with Crippen molar-refractivity contribution < 1.29 is 4.79 Å². The second-order valence-corrected chi connectivity index (χ2v) is 4.75. The predicted octanol–water partition coefficient (Wildman–Crippen LogP) is 4.30. The predicted molar refractivity (Wildman–Crippen MR) is 67.4 cm³/mol. The number of carbonyl (C=O) groups is 1. The standard InChI is InChI=1S/C13H9ClOS/c14-12-8-10(9-15)6-7-13(12)16-11-4-2-1-3-5-11/h1-9H. The van der Waals surface area contributed by atoms with E-state index < -0.39 is 0 Å². The summed E-state index contributed by atoms with van der Waals surface area (Å²) in [5, 5.41) is 0.610. The van der Waals surface area contributed by atoms with E-state index in [4.69, 9.17) is 11.6 Å². The molecule has 80 valence electrons. The molecule has 0 aromatic heterocycles. The summed E-state index contributed by atoms with van der Waals surface area (Å²) >= 11 is 7.66. The van der Waals surface area contributed by atoms with Gasteiger partial charge in [0.15, 0.2) is 0 Å². The van der Waals surface area contributed by atoms with Gasteiger partial charge in [-0.05, 0) is 24.3 Å². The van der Waals surface area contributed by atoms with Crippen LogP contribution >= 0.6 is 23.4 Å². The van der Waals surface area contributed by atoms with Crippen LogP contribution < -0.4 is 0 Å². The van der Waals surface area contributed by atoms with Crippen molar-refractivity contribution in [3.8, 4) is 0 Å². The number of halogens is 1. The minimum Gasteiger partial charge on any atom is -0.298 e. The highest BCUT2D eigenvalue weighted by Crippen LogP contribution is 2.33. The van der Waals surface area contributed by atoms with Crippen molar-refractivity contribution in [2.24, 2.45) is 0 Å². The molecule has 2 aromatic rings. The topological polar surface area (TPSA) is 17.1 Å². The molecule has 0 saturated carbocycles. The van der Waals surface area contributed by atoms with Gasteiger partial charge in [-0.1, -0.05) is 47.6 Å². The van der Waals surface area contributed by atoms with E-state index >= 15 is 0 Å². The lowest BCUT2D eigenvalue weighted by Gasteiger charge is -2.04. The molecule has 0 heterocycles. The first-order valence-corrected chi connectivity index (χ1v) is 5.96. The first-order valence-electron chi connectivity index (χ1n) is 4.77. The monoisotopic (exact) mass is 248 g/mol. The van der Waals surface area contributed by atoms with Crippen LogP contribution in [0.25, 0.3) is 0 Å². The fourth-order valence-corrected chi connectivity index (χ4v) is 2.43. The van der Waals surface area contributed by atoms with Crippen molar-refractivity contribution in [3.63, 3.8) is 0 Å². The van der Waals surface area contributed by atoms with Gasteiger partial charge in [-0.2, -0.15) is 0 Å².